The molecular formula is C21H20FN7O3S. The third kappa shape index (κ3) is 4.14. The molecule has 0 bridgehead atoms. The normalized spacial score (nSPS) is 15.7. The first-order valence-electron chi connectivity index (χ1n) is 10.4. The number of rotatable bonds is 5. The Morgan fingerprint density at radius 1 is 1.09 bits per heavy atom. The molecule has 0 unspecified atom stereocenters. The highest BCUT2D eigenvalue weighted by Gasteiger charge is 2.32. The number of sulfonamides is 1. The lowest BCUT2D eigenvalue weighted by Crippen LogP contribution is -2.38. The van der Waals surface area contributed by atoms with Crippen molar-refractivity contribution >= 4 is 10.0 Å². The Kier molecular flexibility index (Phi) is 5.46. The number of hydrogen-bond acceptors (Lipinski definition) is 8. The van der Waals surface area contributed by atoms with Crippen molar-refractivity contribution in [1.29, 1.82) is 0 Å². The van der Waals surface area contributed by atoms with Crippen LogP contribution in [-0.2, 0) is 10.0 Å². The summed E-state index contributed by atoms with van der Waals surface area (Å²) in [6, 6.07) is 10.7. The van der Waals surface area contributed by atoms with E-state index in [0.29, 0.717) is 48.9 Å². The number of tetrazole rings is 1. The van der Waals surface area contributed by atoms with Gasteiger partial charge in [-0.2, -0.15) is 9.29 Å². The van der Waals surface area contributed by atoms with Crippen LogP contribution in [0.3, 0.4) is 0 Å². The van der Waals surface area contributed by atoms with E-state index in [4.69, 9.17) is 4.52 Å². The highest BCUT2D eigenvalue weighted by atomic mass is 32.2. The third-order valence-corrected chi connectivity index (χ3v) is 7.64. The van der Waals surface area contributed by atoms with Crippen LogP contribution in [0.5, 0.6) is 0 Å². The van der Waals surface area contributed by atoms with Gasteiger partial charge in [0.15, 0.2) is 0 Å². The molecule has 2 aromatic carbocycles. The van der Waals surface area contributed by atoms with E-state index >= 15 is 0 Å². The number of benzene rings is 2. The lowest BCUT2D eigenvalue weighted by molar-refractivity contribution is 0.271. The Morgan fingerprint density at radius 2 is 1.85 bits per heavy atom. The van der Waals surface area contributed by atoms with Gasteiger partial charge >= 0.3 is 0 Å². The highest BCUT2D eigenvalue weighted by molar-refractivity contribution is 7.89. The van der Waals surface area contributed by atoms with Gasteiger partial charge in [-0.25, -0.2) is 17.5 Å². The summed E-state index contributed by atoms with van der Waals surface area (Å²) in [6.07, 6.45) is 2.58. The minimum absolute atomic E-state index is 0.0397. The minimum atomic E-state index is -3.65. The summed E-state index contributed by atoms with van der Waals surface area (Å²) < 4.78 is 47.9. The summed E-state index contributed by atoms with van der Waals surface area (Å²) in [7, 11) is -3.65. The number of nitrogens with zero attached hydrogens (tertiary/aromatic N) is 7. The molecule has 170 valence electrons. The van der Waals surface area contributed by atoms with Crippen LogP contribution < -0.4 is 0 Å². The molecular weight excluding hydrogens is 449 g/mol. The molecule has 2 aromatic heterocycles. The Balaban J connectivity index is 1.28. The van der Waals surface area contributed by atoms with Crippen LogP contribution in [-0.4, -0.2) is 56.2 Å². The van der Waals surface area contributed by atoms with Crippen LogP contribution in [0, 0.1) is 12.7 Å². The molecule has 0 aliphatic carbocycles. The molecule has 1 aliphatic rings. The standard InChI is InChI=1S/C21H20FN7O3S/c1-14-12-18(6-7-19(14)29-13-23-26-27-29)33(30,31)28-10-8-16(9-11-28)21-24-20(25-32-21)15-2-4-17(22)5-3-15/h2-7,12-13,16H,8-11H2,1H3. The molecule has 0 spiro atoms. The van der Waals surface area contributed by atoms with Crippen LogP contribution in [0.2, 0.25) is 0 Å². The molecule has 4 aromatic rings. The van der Waals surface area contributed by atoms with Crippen LogP contribution in [0.25, 0.3) is 17.1 Å². The molecule has 0 saturated carbocycles. The zero-order valence-electron chi connectivity index (χ0n) is 17.7. The van der Waals surface area contributed by atoms with E-state index in [-0.39, 0.29) is 16.6 Å². The van der Waals surface area contributed by atoms with Gasteiger partial charge in [0.1, 0.15) is 12.1 Å². The lowest BCUT2D eigenvalue weighted by atomic mass is 9.98. The molecule has 12 heteroatoms. The van der Waals surface area contributed by atoms with Crippen molar-refractivity contribution < 1.29 is 17.3 Å². The molecule has 0 atom stereocenters. The fourth-order valence-electron chi connectivity index (χ4n) is 3.93. The lowest BCUT2D eigenvalue weighted by Gasteiger charge is -2.29. The van der Waals surface area contributed by atoms with Crippen molar-refractivity contribution in [3.63, 3.8) is 0 Å². The van der Waals surface area contributed by atoms with Gasteiger partial charge < -0.3 is 4.52 Å². The summed E-state index contributed by atoms with van der Waals surface area (Å²) in [5.41, 5.74) is 2.12. The summed E-state index contributed by atoms with van der Waals surface area (Å²) in [4.78, 5) is 4.67. The van der Waals surface area contributed by atoms with Gasteiger partial charge in [0.25, 0.3) is 0 Å². The Labute approximate surface area is 189 Å². The zero-order chi connectivity index (χ0) is 23.0. The van der Waals surface area contributed by atoms with Crippen LogP contribution >= 0.6 is 0 Å². The predicted molar refractivity (Wildman–Crippen MR) is 114 cm³/mol. The number of aryl methyl sites for hydroxylation is 1. The maximum absolute atomic E-state index is 13.2. The Bertz CT molecular complexity index is 1360. The second-order valence-electron chi connectivity index (χ2n) is 7.84. The van der Waals surface area contributed by atoms with E-state index in [2.05, 4.69) is 25.7 Å². The first kappa shape index (κ1) is 21.3. The molecule has 1 fully saturated rings. The average molecular weight is 470 g/mol. The smallest absolute Gasteiger partial charge is 0.243 e. The first-order chi connectivity index (χ1) is 15.9. The summed E-state index contributed by atoms with van der Waals surface area (Å²) in [5.74, 6) is 0.476. The van der Waals surface area contributed by atoms with E-state index in [9.17, 15) is 12.8 Å². The topological polar surface area (TPSA) is 120 Å². The largest absolute Gasteiger partial charge is 0.339 e. The van der Waals surface area contributed by atoms with E-state index < -0.39 is 10.0 Å². The highest BCUT2D eigenvalue weighted by Crippen LogP contribution is 2.31. The van der Waals surface area contributed by atoms with Gasteiger partial charge in [0.05, 0.1) is 10.6 Å². The van der Waals surface area contributed by atoms with E-state index in [0.717, 1.165) is 5.56 Å². The maximum atomic E-state index is 13.2. The first-order valence-corrected chi connectivity index (χ1v) is 11.8. The van der Waals surface area contributed by atoms with Crippen molar-refractivity contribution in [2.24, 2.45) is 0 Å². The van der Waals surface area contributed by atoms with Gasteiger partial charge in [0, 0.05) is 24.6 Å². The zero-order valence-corrected chi connectivity index (χ0v) is 18.5. The number of piperidine rings is 1. The summed E-state index contributed by atoms with van der Waals surface area (Å²) in [5, 5.41) is 15.1. The number of hydrogen-bond donors (Lipinski definition) is 0. The summed E-state index contributed by atoms with van der Waals surface area (Å²) in [6.45, 7) is 2.50. The molecule has 1 saturated heterocycles. The van der Waals surface area contributed by atoms with Gasteiger partial charge in [-0.3, -0.25) is 0 Å². The fraction of sp³-hybridized carbons (Fsp3) is 0.286. The quantitative estimate of drug-likeness (QED) is 0.438. The van der Waals surface area contributed by atoms with E-state index in [1.807, 2.05) is 6.92 Å². The van der Waals surface area contributed by atoms with Crippen LogP contribution in [0.1, 0.15) is 30.2 Å². The van der Waals surface area contributed by atoms with Crippen LogP contribution in [0.15, 0.2) is 58.2 Å². The van der Waals surface area contributed by atoms with E-state index in [1.165, 1.54) is 27.4 Å². The van der Waals surface area contributed by atoms with Crippen molar-refractivity contribution in [3.8, 4) is 17.1 Å². The van der Waals surface area contributed by atoms with Gasteiger partial charge in [0.2, 0.25) is 21.7 Å². The van der Waals surface area contributed by atoms with Crippen molar-refractivity contribution in [2.45, 2.75) is 30.6 Å². The molecule has 1 aliphatic heterocycles. The van der Waals surface area contributed by atoms with Gasteiger partial charge in [-0.05, 0) is 78.2 Å². The second kappa shape index (κ2) is 8.45. The number of aromatic nitrogens is 6. The average Bonchev–Trinajstić information content (AvgIpc) is 3.52. The van der Waals surface area contributed by atoms with Crippen LogP contribution in [0.4, 0.5) is 4.39 Å². The molecule has 0 N–H and O–H groups in total. The summed E-state index contributed by atoms with van der Waals surface area (Å²) >= 11 is 0. The molecule has 33 heavy (non-hydrogen) atoms. The molecule has 0 radical (unpaired) electrons. The van der Waals surface area contributed by atoms with Crippen molar-refractivity contribution in [2.75, 3.05) is 13.1 Å². The monoisotopic (exact) mass is 469 g/mol. The predicted octanol–water partition coefficient (Wildman–Crippen LogP) is 2.73. The third-order valence-electron chi connectivity index (χ3n) is 5.75. The molecule has 10 nitrogen and oxygen atoms in total. The SMILES string of the molecule is Cc1cc(S(=O)(=O)N2CCC(c3nc(-c4ccc(F)cc4)no3)CC2)ccc1-n1cnnn1. The minimum Gasteiger partial charge on any atom is -0.339 e. The van der Waals surface area contributed by atoms with Crippen molar-refractivity contribution in [1.82, 2.24) is 34.7 Å². The van der Waals surface area contributed by atoms with Gasteiger partial charge in [-0.1, -0.05) is 5.16 Å². The second-order valence-corrected chi connectivity index (χ2v) is 9.78. The number of halogens is 1. The Hall–Kier alpha value is -3.51. The van der Waals surface area contributed by atoms with Crippen molar-refractivity contribution in [3.05, 3.63) is 66.1 Å². The van der Waals surface area contributed by atoms with Gasteiger partial charge in [-0.15, -0.1) is 5.10 Å². The maximum Gasteiger partial charge on any atom is 0.243 e. The van der Waals surface area contributed by atoms with E-state index in [1.54, 1.807) is 30.3 Å². The fourth-order valence-corrected chi connectivity index (χ4v) is 5.48. The Morgan fingerprint density at radius 3 is 2.52 bits per heavy atom. The molecule has 0 amide bonds. The molecule has 5 rings (SSSR count). The molecule has 3 heterocycles.